The number of benzene rings is 1. The summed E-state index contributed by atoms with van der Waals surface area (Å²) in [5.41, 5.74) is 2.05. The molecule has 4 nitrogen and oxygen atoms in total. The van der Waals surface area contributed by atoms with Gasteiger partial charge < -0.3 is 9.73 Å². The monoisotopic (exact) mass is 203 g/mol. The molecule has 0 aliphatic heterocycles. The van der Waals surface area contributed by atoms with E-state index in [9.17, 15) is 0 Å². The average molecular weight is 203 g/mol. The molecule has 0 fully saturated rings. The first-order valence-electron chi connectivity index (χ1n) is 5.00. The fraction of sp³-hybridized carbons (Fsp3) is 0.273. The SMILES string of the molecule is CCCNc1ccc(-c2nnco2)cc1. The Bertz CT molecular complexity index is 394. The van der Waals surface area contributed by atoms with Gasteiger partial charge in [0.05, 0.1) is 0 Å². The molecule has 15 heavy (non-hydrogen) atoms. The number of anilines is 1. The molecule has 0 unspecified atom stereocenters. The van der Waals surface area contributed by atoms with Crippen LogP contribution in [-0.4, -0.2) is 16.7 Å². The third-order valence-electron chi connectivity index (χ3n) is 2.07. The Kier molecular flexibility index (Phi) is 2.97. The summed E-state index contributed by atoms with van der Waals surface area (Å²) in [7, 11) is 0. The van der Waals surface area contributed by atoms with Crippen molar-refractivity contribution >= 4 is 5.69 Å². The molecule has 0 radical (unpaired) electrons. The Morgan fingerprint density at radius 3 is 2.67 bits per heavy atom. The van der Waals surface area contributed by atoms with Gasteiger partial charge in [-0.05, 0) is 30.7 Å². The van der Waals surface area contributed by atoms with Gasteiger partial charge in [0.15, 0.2) is 0 Å². The van der Waals surface area contributed by atoms with E-state index in [-0.39, 0.29) is 0 Å². The molecule has 0 saturated heterocycles. The van der Waals surface area contributed by atoms with Gasteiger partial charge >= 0.3 is 0 Å². The first-order valence-corrected chi connectivity index (χ1v) is 5.00. The molecule has 78 valence electrons. The van der Waals surface area contributed by atoms with Gasteiger partial charge in [0.1, 0.15) is 0 Å². The van der Waals surface area contributed by atoms with Crippen molar-refractivity contribution < 1.29 is 4.42 Å². The van der Waals surface area contributed by atoms with E-state index in [0.717, 1.165) is 24.2 Å². The first kappa shape index (κ1) is 9.71. The minimum absolute atomic E-state index is 0.553. The quantitative estimate of drug-likeness (QED) is 0.829. The van der Waals surface area contributed by atoms with Crippen LogP contribution < -0.4 is 5.32 Å². The third kappa shape index (κ3) is 2.34. The zero-order chi connectivity index (χ0) is 10.5. The second-order valence-corrected chi connectivity index (χ2v) is 3.25. The maximum Gasteiger partial charge on any atom is 0.247 e. The summed E-state index contributed by atoms with van der Waals surface area (Å²) >= 11 is 0. The zero-order valence-electron chi connectivity index (χ0n) is 8.60. The van der Waals surface area contributed by atoms with Crippen molar-refractivity contribution in [3.63, 3.8) is 0 Å². The fourth-order valence-electron chi connectivity index (χ4n) is 1.30. The van der Waals surface area contributed by atoms with Gasteiger partial charge in [-0.15, -0.1) is 10.2 Å². The van der Waals surface area contributed by atoms with Crippen molar-refractivity contribution in [3.8, 4) is 11.5 Å². The Labute approximate surface area is 88.3 Å². The van der Waals surface area contributed by atoms with E-state index in [1.165, 1.54) is 6.39 Å². The van der Waals surface area contributed by atoms with Crippen molar-refractivity contribution in [3.05, 3.63) is 30.7 Å². The van der Waals surface area contributed by atoms with Crippen molar-refractivity contribution in [2.24, 2.45) is 0 Å². The highest BCUT2D eigenvalue weighted by Crippen LogP contribution is 2.18. The lowest BCUT2D eigenvalue weighted by Gasteiger charge is -2.04. The maximum absolute atomic E-state index is 5.10. The molecule has 4 heteroatoms. The number of rotatable bonds is 4. The van der Waals surface area contributed by atoms with Crippen LogP contribution in [0.25, 0.3) is 11.5 Å². The molecule has 1 N–H and O–H groups in total. The van der Waals surface area contributed by atoms with Crippen molar-refractivity contribution in [2.45, 2.75) is 13.3 Å². The molecule has 1 aromatic carbocycles. The van der Waals surface area contributed by atoms with E-state index >= 15 is 0 Å². The maximum atomic E-state index is 5.10. The van der Waals surface area contributed by atoms with Gasteiger partial charge in [0.2, 0.25) is 12.3 Å². The van der Waals surface area contributed by atoms with Crippen molar-refractivity contribution in [2.75, 3.05) is 11.9 Å². The lowest BCUT2D eigenvalue weighted by molar-refractivity contribution is 0.568. The lowest BCUT2D eigenvalue weighted by Crippen LogP contribution is -1.98. The van der Waals surface area contributed by atoms with Gasteiger partial charge in [0.25, 0.3) is 0 Å². The largest absolute Gasteiger partial charge is 0.423 e. The standard InChI is InChI=1S/C11H13N3O/c1-2-7-12-10-5-3-9(4-6-10)11-14-13-8-15-11/h3-6,8,12H,2,7H2,1H3. The summed E-state index contributed by atoms with van der Waals surface area (Å²) in [5.74, 6) is 0.553. The van der Waals surface area contributed by atoms with Gasteiger partial charge in [-0.3, -0.25) is 0 Å². The van der Waals surface area contributed by atoms with Crippen LogP contribution in [0.1, 0.15) is 13.3 Å². The molecule has 2 rings (SSSR count). The van der Waals surface area contributed by atoms with E-state index in [1.807, 2.05) is 24.3 Å². The topological polar surface area (TPSA) is 51.0 Å². The van der Waals surface area contributed by atoms with Crippen LogP contribution in [0.3, 0.4) is 0 Å². The summed E-state index contributed by atoms with van der Waals surface area (Å²) in [5, 5.41) is 10.8. The Morgan fingerprint density at radius 1 is 1.27 bits per heavy atom. The summed E-state index contributed by atoms with van der Waals surface area (Å²) in [4.78, 5) is 0. The summed E-state index contributed by atoms with van der Waals surface area (Å²) in [6.45, 7) is 3.12. The predicted molar refractivity (Wildman–Crippen MR) is 58.5 cm³/mol. The van der Waals surface area contributed by atoms with Crippen molar-refractivity contribution in [1.82, 2.24) is 10.2 Å². The third-order valence-corrected chi connectivity index (χ3v) is 2.07. The lowest BCUT2D eigenvalue weighted by atomic mass is 10.2. The van der Waals surface area contributed by atoms with E-state index in [0.29, 0.717) is 5.89 Å². The summed E-state index contributed by atoms with van der Waals surface area (Å²) in [6.07, 6.45) is 2.45. The average Bonchev–Trinajstić information content (AvgIpc) is 2.80. The highest BCUT2D eigenvalue weighted by atomic mass is 16.4. The van der Waals surface area contributed by atoms with Gasteiger partial charge in [-0.25, -0.2) is 0 Å². The van der Waals surface area contributed by atoms with Crippen LogP contribution in [0, 0.1) is 0 Å². The molecule has 0 spiro atoms. The zero-order valence-corrected chi connectivity index (χ0v) is 8.60. The number of hydrogen-bond acceptors (Lipinski definition) is 4. The second kappa shape index (κ2) is 4.59. The van der Waals surface area contributed by atoms with E-state index in [2.05, 4.69) is 22.4 Å². The van der Waals surface area contributed by atoms with Crippen LogP contribution in [0.2, 0.25) is 0 Å². The van der Waals surface area contributed by atoms with E-state index in [1.54, 1.807) is 0 Å². The highest BCUT2D eigenvalue weighted by Gasteiger charge is 2.01. The molecule has 0 aliphatic carbocycles. The van der Waals surface area contributed by atoms with Crippen LogP contribution >= 0.6 is 0 Å². The molecule has 0 amide bonds. The molecule has 0 aliphatic rings. The fourth-order valence-corrected chi connectivity index (χ4v) is 1.30. The van der Waals surface area contributed by atoms with Gasteiger partial charge in [-0.2, -0.15) is 0 Å². The Morgan fingerprint density at radius 2 is 2.07 bits per heavy atom. The van der Waals surface area contributed by atoms with Crippen LogP contribution in [-0.2, 0) is 0 Å². The van der Waals surface area contributed by atoms with E-state index in [4.69, 9.17) is 4.42 Å². The molecule has 1 heterocycles. The van der Waals surface area contributed by atoms with Gasteiger partial charge in [-0.1, -0.05) is 6.92 Å². The number of nitrogens with zero attached hydrogens (tertiary/aromatic N) is 2. The predicted octanol–water partition coefficient (Wildman–Crippen LogP) is 2.56. The van der Waals surface area contributed by atoms with E-state index < -0.39 is 0 Å². The normalized spacial score (nSPS) is 10.2. The number of nitrogens with one attached hydrogen (secondary N) is 1. The Balaban J connectivity index is 2.11. The van der Waals surface area contributed by atoms with Crippen LogP contribution in [0.4, 0.5) is 5.69 Å². The smallest absolute Gasteiger partial charge is 0.247 e. The first-order chi connectivity index (χ1) is 7.40. The summed E-state index contributed by atoms with van der Waals surface area (Å²) in [6, 6.07) is 7.95. The molecular formula is C11H13N3O. The molecule has 0 atom stereocenters. The summed E-state index contributed by atoms with van der Waals surface area (Å²) < 4.78 is 5.10. The number of aromatic nitrogens is 2. The molecule has 0 bridgehead atoms. The Hall–Kier alpha value is -1.84. The molecule has 2 aromatic rings. The second-order valence-electron chi connectivity index (χ2n) is 3.25. The van der Waals surface area contributed by atoms with Gasteiger partial charge in [0, 0.05) is 17.8 Å². The molecule has 1 aromatic heterocycles. The highest BCUT2D eigenvalue weighted by molar-refractivity contribution is 5.57. The van der Waals surface area contributed by atoms with Crippen LogP contribution in [0.5, 0.6) is 0 Å². The minimum Gasteiger partial charge on any atom is -0.423 e. The minimum atomic E-state index is 0.553. The molecular weight excluding hydrogens is 190 g/mol. The molecule has 0 saturated carbocycles. The van der Waals surface area contributed by atoms with Crippen LogP contribution in [0.15, 0.2) is 35.1 Å². The van der Waals surface area contributed by atoms with Crippen molar-refractivity contribution in [1.29, 1.82) is 0 Å². The number of hydrogen-bond donors (Lipinski definition) is 1.